The maximum absolute atomic E-state index is 12.0. The minimum Gasteiger partial charge on any atom is -0.320 e. The molecule has 5 nitrogen and oxygen atoms in total. The zero-order valence-electron chi connectivity index (χ0n) is 11.1. The topological polar surface area (TPSA) is 80.9 Å². The van der Waals surface area contributed by atoms with Gasteiger partial charge in [-0.1, -0.05) is 12.0 Å². The lowest BCUT2D eigenvalue weighted by atomic mass is 10.2. The lowest BCUT2D eigenvalue weighted by Gasteiger charge is -2.05. The van der Waals surface area contributed by atoms with Gasteiger partial charge in [-0.15, -0.1) is 0 Å². The van der Waals surface area contributed by atoms with Gasteiger partial charge in [-0.2, -0.15) is 0 Å². The number of aromatic nitrogens is 2. The van der Waals surface area contributed by atoms with Crippen LogP contribution in [0.25, 0.3) is 0 Å². The highest BCUT2D eigenvalue weighted by Gasteiger charge is 2.07. The van der Waals surface area contributed by atoms with Gasteiger partial charge in [0, 0.05) is 12.4 Å². The molecule has 3 N–H and O–H groups in total. The molecule has 2 heterocycles. The predicted octanol–water partition coefficient (Wildman–Crippen LogP) is 1.35. The molecule has 2 aromatic heterocycles. The second-order valence-corrected chi connectivity index (χ2v) is 4.12. The van der Waals surface area contributed by atoms with E-state index in [-0.39, 0.29) is 12.5 Å². The van der Waals surface area contributed by atoms with Crippen LogP contribution in [0.15, 0.2) is 36.7 Å². The largest absolute Gasteiger partial charge is 0.320 e. The predicted molar refractivity (Wildman–Crippen MR) is 77.1 cm³/mol. The third-order valence-corrected chi connectivity index (χ3v) is 2.45. The van der Waals surface area contributed by atoms with Crippen molar-refractivity contribution < 1.29 is 4.79 Å². The SMILES string of the molecule is Cc1cncc(C(=O)Nc2cccc(C#CCN)n2)c1. The number of nitrogens with two attached hydrogens (primary N) is 1. The number of amides is 1. The standard InChI is InChI=1S/C15H14N4O/c1-11-8-12(10-17-9-11)15(20)19-14-6-2-4-13(18-14)5-3-7-16/h2,4,6,8-10H,7,16H2,1H3,(H,18,19,20). The Bertz CT molecular complexity index is 686. The molecule has 0 saturated carbocycles. The Balaban J connectivity index is 2.15. The van der Waals surface area contributed by atoms with Crippen LogP contribution in [0.1, 0.15) is 21.6 Å². The molecule has 2 aromatic rings. The maximum Gasteiger partial charge on any atom is 0.258 e. The molecular formula is C15H14N4O. The molecule has 0 aliphatic rings. The first-order valence-corrected chi connectivity index (χ1v) is 6.08. The van der Waals surface area contributed by atoms with Crippen LogP contribution in [-0.4, -0.2) is 22.4 Å². The molecule has 20 heavy (non-hydrogen) atoms. The molecular weight excluding hydrogens is 252 g/mol. The molecule has 0 saturated heterocycles. The monoisotopic (exact) mass is 266 g/mol. The Morgan fingerprint density at radius 3 is 3.00 bits per heavy atom. The van der Waals surface area contributed by atoms with Crippen molar-refractivity contribution in [2.24, 2.45) is 5.73 Å². The van der Waals surface area contributed by atoms with Gasteiger partial charge in [0.2, 0.25) is 0 Å². The Kier molecular flexibility index (Phi) is 4.43. The van der Waals surface area contributed by atoms with Gasteiger partial charge >= 0.3 is 0 Å². The third-order valence-electron chi connectivity index (χ3n) is 2.45. The fourth-order valence-corrected chi connectivity index (χ4v) is 1.58. The number of nitrogens with zero attached hydrogens (tertiary/aromatic N) is 2. The summed E-state index contributed by atoms with van der Waals surface area (Å²) < 4.78 is 0. The molecule has 1 amide bonds. The highest BCUT2D eigenvalue weighted by Crippen LogP contribution is 2.08. The van der Waals surface area contributed by atoms with Gasteiger partial charge in [-0.05, 0) is 36.6 Å². The fourth-order valence-electron chi connectivity index (χ4n) is 1.58. The van der Waals surface area contributed by atoms with Gasteiger partial charge < -0.3 is 11.1 Å². The number of rotatable bonds is 2. The molecule has 0 atom stereocenters. The van der Waals surface area contributed by atoms with Crippen molar-refractivity contribution >= 4 is 11.7 Å². The molecule has 0 spiro atoms. The van der Waals surface area contributed by atoms with E-state index in [9.17, 15) is 4.79 Å². The van der Waals surface area contributed by atoms with Gasteiger partial charge in [-0.3, -0.25) is 9.78 Å². The molecule has 100 valence electrons. The van der Waals surface area contributed by atoms with Crippen molar-refractivity contribution in [3.05, 3.63) is 53.5 Å². The maximum atomic E-state index is 12.0. The molecule has 5 heteroatoms. The molecule has 0 bridgehead atoms. The second kappa shape index (κ2) is 6.45. The normalized spacial score (nSPS) is 9.50. The number of hydrogen-bond acceptors (Lipinski definition) is 4. The van der Waals surface area contributed by atoms with Gasteiger partial charge in [0.1, 0.15) is 11.5 Å². The number of pyridine rings is 2. The third kappa shape index (κ3) is 3.64. The first-order chi connectivity index (χ1) is 9.69. The number of anilines is 1. The zero-order chi connectivity index (χ0) is 14.4. The molecule has 0 aliphatic carbocycles. The van der Waals surface area contributed by atoms with Crippen LogP contribution in [0.5, 0.6) is 0 Å². The quantitative estimate of drug-likeness (QED) is 0.804. The van der Waals surface area contributed by atoms with E-state index in [1.54, 1.807) is 30.5 Å². The average molecular weight is 266 g/mol. The van der Waals surface area contributed by atoms with E-state index in [1.807, 2.05) is 6.92 Å². The average Bonchev–Trinajstić information content (AvgIpc) is 2.45. The number of carbonyl (C=O) groups is 1. The fraction of sp³-hybridized carbons (Fsp3) is 0.133. The van der Waals surface area contributed by atoms with Crippen molar-refractivity contribution in [3.63, 3.8) is 0 Å². The second-order valence-electron chi connectivity index (χ2n) is 4.12. The van der Waals surface area contributed by atoms with Crippen LogP contribution in [-0.2, 0) is 0 Å². The lowest BCUT2D eigenvalue weighted by molar-refractivity contribution is 0.102. The summed E-state index contributed by atoms with van der Waals surface area (Å²) in [5.74, 6) is 5.73. The van der Waals surface area contributed by atoms with E-state index >= 15 is 0 Å². The van der Waals surface area contributed by atoms with E-state index in [4.69, 9.17) is 5.73 Å². The Morgan fingerprint density at radius 2 is 2.25 bits per heavy atom. The van der Waals surface area contributed by atoms with E-state index in [1.165, 1.54) is 6.20 Å². The number of hydrogen-bond donors (Lipinski definition) is 2. The van der Waals surface area contributed by atoms with Crippen LogP contribution in [0.3, 0.4) is 0 Å². The van der Waals surface area contributed by atoms with Crippen LogP contribution >= 0.6 is 0 Å². The van der Waals surface area contributed by atoms with Gasteiger partial charge in [0.15, 0.2) is 0 Å². The molecule has 0 fully saturated rings. The minimum atomic E-state index is -0.252. The summed E-state index contributed by atoms with van der Waals surface area (Å²) in [5.41, 5.74) is 7.29. The van der Waals surface area contributed by atoms with Gasteiger partial charge in [-0.25, -0.2) is 4.98 Å². The smallest absolute Gasteiger partial charge is 0.258 e. The Morgan fingerprint density at radius 1 is 1.40 bits per heavy atom. The number of nitrogens with one attached hydrogen (secondary N) is 1. The summed E-state index contributed by atoms with van der Waals surface area (Å²) in [6, 6.07) is 7.00. The summed E-state index contributed by atoms with van der Waals surface area (Å²) in [6.45, 7) is 2.15. The van der Waals surface area contributed by atoms with E-state index in [2.05, 4.69) is 27.1 Å². The summed E-state index contributed by atoms with van der Waals surface area (Å²) in [4.78, 5) is 20.2. The van der Waals surface area contributed by atoms with Crippen molar-refractivity contribution in [3.8, 4) is 11.8 Å². The van der Waals surface area contributed by atoms with Gasteiger partial charge in [0.25, 0.3) is 5.91 Å². The Hall–Kier alpha value is -2.71. The zero-order valence-corrected chi connectivity index (χ0v) is 11.1. The van der Waals surface area contributed by atoms with Gasteiger partial charge in [0.05, 0.1) is 12.1 Å². The van der Waals surface area contributed by atoms with Crippen LogP contribution in [0.4, 0.5) is 5.82 Å². The van der Waals surface area contributed by atoms with Crippen LogP contribution in [0.2, 0.25) is 0 Å². The van der Waals surface area contributed by atoms with Crippen molar-refractivity contribution in [1.29, 1.82) is 0 Å². The first-order valence-electron chi connectivity index (χ1n) is 6.08. The van der Waals surface area contributed by atoms with E-state index < -0.39 is 0 Å². The molecule has 0 radical (unpaired) electrons. The van der Waals surface area contributed by atoms with E-state index in [0.29, 0.717) is 17.1 Å². The van der Waals surface area contributed by atoms with Crippen molar-refractivity contribution in [2.75, 3.05) is 11.9 Å². The lowest BCUT2D eigenvalue weighted by Crippen LogP contribution is -2.13. The number of carbonyl (C=O) groups excluding carboxylic acids is 1. The molecule has 2 rings (SSSR count). The molecule has 0 aromatic carbocycles. The highest BCUT2D eigenvalue weighted by molar-refractivity contribution is 6.03. The summed E-state index contributed by atoms with van der Waals surface area (Å²) in [5, 5.41) is 2.71. The summed E-state index contributed by atoms with van der Waals surface area (Å²) in [6.07, 6.45) is 3.21. The summed E-state index contributed by atoms with van der Waals surface area (Å²) >= 11 is 0. The minimum absolute atomic E-state index is 0.252. The van der Waals surface area contributed by atoms with E-state index in [0.717, 1.165) is 5.56 Å². The van der Waals surface area contributed by atoms with Crippen molar-refractivity contribution in [2.45, 2.75) is 6.92 Å². The van der Waals surface area contributed by atoms with Crippen LogP contribution < -0.4 is 11.1 Å². The first kappa shape index (κ1) is 13.7. The van der Waals surface area contributed by atoms with Crippen LogP contribution in [0, 0.1) is 18.8 Å². The molecule has 0 aliphatic heterocycles. The summed E-state index contributed by atoms with van der Waals surface area (Å²) in [7, 11) is 0. The molecule has 0 unspecified atom stereocenters. The Labute approximate surface area is 117 Å². The highest BCUT2D eigenvalue weighted by atomic mass is 16.1. The van der Waals surface area contributed by atoms with Crippen molar-refractivity contribution in [1.82, 2.24) is 9.97 Å². The number of aryl methyl sites for hydroxylation is 1.